The van der Waals surface area contributed by atoms with Gasteiger partial charge in [0, 0.05) is 23.6 Å². The van der Waals surface area contributed by atoms with Gasteiger partial charge in [-0.15, -0.1) is 0 Å². The average Bonchev–Trinajstić information content (AvgIpc) is 2.79. The molecule has 0 aliphatic carbocycles. The monoisotopic (exact) mass is 510 g/mol. The van der Waals surface area contributed by atoms with Gasteiger partial charge in [0.25, 0.3) is 0 Å². The lowest BCUT2D eigenvalue weighted by Crippen LogP contribution is -2.56. The molecule has 3 atom stereocenters. The molecule has 0 fully saturated rings. The molecule has 0 heterocycles. The Labute approximate surface area is 203 Å². The van der Waals surface area contributed by atoms with E-state index in [4.69, 9.17) is 21.1 Å². The summed E-state index contributed by atoms with van der Waals surface area (Å²) in [5.74, 6) is -6.95. The summed E-state index contributed by atoms with van der Waals surface area (Å²) in [4.78, 5) is 52.4. The molecular formula is C23H24F2N2O9. The van der Waals surface area contributed by atoms with Gasteiger partial charge in [0.05, 0.1) is 6.42 Å². The van der Waals surface area contributed by atoms with Crippen molar-refractivity contribution < 1.29 is 53.2 Å². The highest BCUT2D eigenvalue weighted by Crippen LogP contribution is 2.28. The molecule has 36 heavy (non-hydrogen) atoms. The predicted molar refractivity (Wildman–Crippen MR) is 120 cm³/mol. The Morgan fingerprint density at radius 3 is 1.97 bits per heavy atom. The van der Waals surface area contributed by atoms with E-state index in [0.29, 0.717) is 6.29 Å². The third-order valence-corrected chi connectivity index (χ3v) is 4.75. The van der Waals surface area contributed by atoms with E-state index in [9.17, 15) is 37.9 Å². The van der Waals surface area contributed by atoms with Crippen LogP contribution in [0.4, 0.5) is 8.78 Å². The molecule has 0 aliphatic heterocycles. The van der Waals surface area contributed by atoms with Crippen molar-refractivity contribution in [2.75, 3.05) is 0 Å². The van der Waals surface area contributed by atoms with Gasteiger partial charge in [-0.2, -0.15) is 0 Å². The summed E-state index contributed by atoms with van der Waals surface area (Å²) < 4.78 is 29.0. The van der Waals surface area contributed by atoms with E-state index in [2.05, 4.69) is 5.32 Å². The molecule has 0 saturated carbocycles. The third-order valence-electron chi connectivity index (χ3n) is 4.75. The molecule has 7 N–H and O–H groups in total. The molecule has 194 valence electrons. The maximum absolute atomic E-state index is 15.0. The highest BCUT2D eigenvalue weighted by molar-refractivity contribution is 5.82. The SMILES string of the molecule is N[C@H](C(=O)O)C(CC(=O)O)N[C@@H](Cc1cccc(-c2ccccc2F)c1F)C(=O)O.O=CCC(=O)O. The molecule has 0 bridgehead atoms. The van der Waals surface area contributed by atoms with Crippen molar-refractivity contribution in [1.82, 2.24) is 5.32 Å². The van der Waals surface area contributed by atoms with Crippen LogP contribution in [0.2, 0.25) is 0 Å². The lowest BCUT2D eigenvalue weighted by Gasteiger charge is -2.25. The molecule has 0 amide bonds. The number of carboxylic acid groups (broad SMARTS) is 4. The van der Waals surface area contributed by atoms with Crippen LogP contribution in [-0.4, -0.2) is 68.7 Å². The third kappa shape index (κ3) is 9.19. The molecule has 11 nitrogen and oxygen atoms in total. The Morgan fingerprint density at radius 1 is 0.889 bits per heavy atom. The fourth-order valence-electron chi connectivity index (χ4n) is 3.04. The maximum atomic E-state index is 15.0. The minimum Gasteiger partial charge on any atom is -0.481 e. The number of nitrogens with two attached hydrogens (primary N) is 1. The van der Waals surface area contributed by atoms with Gasteiger partial charge < -0.3 is 31.0 Å². The molecular weight excluding hydrogens is 486 g/mol. The summed E-state index contributed by atoms with van der Waals surface area (Å²) in [6.45, 7) is 0. The zero-order valence-electron chi connectivity index (χ0n) is 18.6. The number of benzene rings is 2. The normalized spacial score (nSPS) is 12.9. The smallest absolute Gasteiger partial charge is 0.322 e. The fourth-order valence-corrected chi connectivity index (χ4v) is 3.04. The van der Waals surface area contributed by atoms with Gasteiger partial charge in [-0.1, -0.05) is 36.4 Å². The number of carboxylic acids is 4. The van der Waals surface area contributed by atoms with E-state index in [-0.39, 0.29) is 23.1 Å². The lowest BCUT2D eigenvalue weighted by molar-refractivity contribution is -0.144. The number of carbonyl (C=O) groups excluding carboxylic acids is 1. The van der Waals surface area contributed by atoms with Crippen molar-refractivity contribution >= 4 is 30.2 Å². The number of halogens is 2. The number of aldehydes is 1. The molecule has 2 aromatic rings. The van der Waals surface area contributed by atoms with Crippen molar-refractivity contribution in [3.8, 4) is 11.1 Å². The molecule has 13 heteroatoms. The Kier molecular flexibility index (Phi) is 11.8. The number of rotatable bonds is 12. The first-order valence-electron chi connectivity index (χ1n) is 10.3. The minimum absolute atomic E-state index is 0.00617. The van der Waals surface area contributed by atoms with E-state index in [1.807, 2.05) is 0 Å². The van der Waals surface area contributed by atoms with E-state index < -0.39 is 66.5 Å². The van der Waals surface area contributed by atoms with Crippen molar-refractivity contribution in [2.45, 2.75) is 37.4 Å². The number of aliphatic carboxylic acids is 4. The Hall–Kier alpha value is -4.23. The summed E-state index contributed by atoms with van der Waals surface area (Å²) >= 11 is 0. The lowest BCUT2D eigenvalue weighted by atomic mass is 9.96. The van der Waals surface area contributed by atoms with Crippen molar-refractivity contribution in [2.24, 2.45) is 5.73 Å². The summed E-state index contributed by atoms with van der Waals surface area (Å²) in [5.41, 5.74) is 5.31. The highest BCUT2D eigenvalue weighted by Gasteiger charge is 2.31. The summed E-state index contributed by atoms with van der Waals surface area (Å²) in [7, 11) is 0. The molecule has 2 aromatic carbocycles. The van der Waals surface area contributed by atoms with Gasteiger partial charge in [-0.3, -0.25) is 24.5 Å². The largest absolute Gasteiger partial charge is 0.481 e. The minimum atomic E-state index is -1.70. The number of hydrogen-bond acceptors (Lipinski definition) is 7. The second-order valence-electron chi connectivity index (χ2n) is 7.35. The number of hydrogen-bond donors (Lipinski definition) is 6. The maximum Gasteiger partial charge on any atom is 0.322 e. The molecule has 0 aromatic heterocycles. The van der Waals surface area contributed by atoms with E-state index in [0.717, 1.165) is 6.07 Å². The van der Waals surface area contributed by atoms with Gasteiger partial charge >= 0.3 is 23.9 Å². The van der Waals surface area contributed by atoms with Gasteiger partial charge in [0.1, 0.15) is 36.4 Å². The van der Waals surface area contributed by atoms with Crippen LogP contribution in [0.15, 0.2) is 42.5 Å². The molecule has 2 rings (SSSR count). The topological polar surface area (TPSA) is 204 Å². The average molecular weight is 510 g/mol. The van der Waals surface area contributed by atoms with Crippen LogP contribution in [0.3, 0.4) is 0 Å². The number of carbonyl (C=O) groups is 5. The zero-order valence-corrected chi connectivity index (χ0v) is 18.6. The molecule has 1 unspecified atom stereocenters. The van der Waals surface area contributed by atoms with Crippen LogP contribution in [0.5, 0.6) is 0 Å². The summed E-state index contributed by atoms with van der Waals surface area (Å²) in [6.07, 6.45) is -1.25. The fraction of sp³-hybridized carbons (Fsp3) is 0.261. The second kappa shape index (κ2) is 14.2. The van der Waals surface area contributed by atoms with Gasteiger partial charge in [0.2, 0.25) is 0 Å². The van der Waals surface area contributed by atoms with Crippen molar-refractivity contribution in [1.29, 1.82) is 0 Å². The van der Waals surface area contributed by atoms with Crippen LogP contribution in [-0.2, 0) is 30.4 Å². The van der Waals surface area contributed by atoms with E-state index >= 15 is 0 Å². The first-order valence-corrected chi connectivity index (χ1v) is 10.3. The van der Waals surface area contributed by atoms with Gasteiger partial charge in [0.15, 0.2) is 0 Å². The number of nitrogens with one attached hydrogen (secondary N) is 1. The first-order chi connectivity index (χ1) is 16.9. The summed E-state index contributed by atoms with van der Waals surface area (Å²) in [6, 6.07) is 4.92. The molecule has 0 saturated heterocycles. The first kappa shape index (κ1) is 29.8. The Morgan fingerprint density at radius 2 is 1.50 bits per heavy atom. The van der Waals surface area contributed by atoms with E-state index in [1.54, 1.807) is 0 Å². The van der Waals surface area contributed by atoms with Crippen molar-refractivity contribution in [3.05, 3.63) is 59.7 Å². The molecule has 0 spiro atoms. The summed E-state index contributed by atoms with van der Waals surface area (Å²) in [5, 5.41) is 37.5. The van der Waals surface area contributed by atoms with Crippen molar-refractivity contribution in [3.63, 3.8) is 0 Å². The van der Waals surface area contributed by atoms with Gasteiger partial charge in [-0.25, -0.2) is 8.78 Å². The second-order valence-corrected chi connectivity index (χ2v) is 7.35. The van der Waals surface area contributed by atoms with Crippen LogP contribution in [0.25, 0.3) is 11.1 Å². The Bertz CT molecular complexity index is 1110. The van der Waals surface area contributed by atoms with E-state index in [1.165, 1.54) is 36.4 Å². The van der Waals surface area contributed by atoms with Gasteiger partial charge in [-0.05, 0) is 11.6 Å². The quantitative estimate of drug-likeness (QED) is 0.176. The Balaban J connectivity index is 0.000000960. The molecule has 0 radical (unpaired) electrons. The molecule has 0 aliphatic rings. The zero-order chi connectivity index (χ0) is 27.4. The predicted octanol–water partition coefficient (Wildman–Crippen LogP) is 1.13. The van der Waals surface area contributed by atoms with Crippen LogP contribution < -0.4 is 11.1 Å². The van der Waals surface area contributed by atoms with Crippen LogP contribution in [0.1, 0.15) is 18.4 Å². The van der Waals surface area contributed by atoms with Crippen LogP contribution in [0, 0.1) is 11.6 Å². The van der Waals surface area contributed by atoms with Crippen LogP contribution >= 0.6 is 0 Å². The highest BCUT2D eigenvalue weighted by atomic mass is 19.1. The standard InChI is InChI=1S/C20H20F2N2O6.C3H4O3/c21-13-7-2-1-5-11(13)12-6-3-4-10(17(12)22)8-15(19(27)28)24-14(9-16(25)26)18(23)20(29)30;4-2-1-3(5)6/h1-7,14-15,18,24H,8-9,23H2,(H,25,26)(H,27,28)(H,29,30);2H,1H2,(H,5,6)/t14?,15-,18-;/m0./s1.